The highest BCUT2D eigenvalue weighted by Crippen LogP contribution is 2.30. The molecule has 1 N–H and O–H groups in total. The van der Waals surface area contributed by atoms with E-state index >= 15 is 0 Å². The molecule has 0 aliphatic carbocycles. The van der Waals surface area contributed by atoms with Crippen LogP contribution in [-0.4, -0.2) is 23.2 Å². The second-order valence-corrected chi connectivity index (χ2v) is 5.46. The zero-order chi connectivity index (χ0) is 13.1. The minimum Gasteiger partial charge on any atom is -0.477 e. The molecule has 2 aromatic rings. The third-order valence-corrected chi connectivity index (χ3v) is 3.87. The first-order chi connectivity index (χ1) is 8.61. The van der Waals surface area contributed by atoms with E-state index in [2.05, 4.69) is 20.9 Å². The van der Waals surface area contributed by atoms with Gasteiger partial charge in [-0.3, -0.25) is 0 Å². The summed E-state index contributed by atoms with van der Waals surface area (Å²) in [6.07, 6.45) is 0. The largest absolute Gasteiger partial charge is 0.477 e. The summed E-state index contributed by atoms with van der Waals surface area (Å²) in [5.74, 6) is -0.971. The number of thiazole rings is 1. The lowest BCUT2D eigenvalue weighted by Crippen LogP contribution is -1.99. The number of rotatable bonds is 4. The molecular weight excluding hydrogens is 318 g/mol. The molecule has 6 heteroatoms. The summed E-state index contributed by atoms with van der Waals surface area (Å²) in [6.45, 7) is 0.201. The Morgan fingerprint density at radius 2 is 2.33 bits per heavy atom. The number of hydrogen-bond acceptors (Lipinski definition) is 4. The molecule has 0 saturated heterocycles. The normalized spacial score (nSPS) is 10.6. The van der Waals surface area contributed by atoms with Crippen molar-refractivity contribution in [2.45, 2.75) is 6.61 Å². The predicted octanol–water partition coefficient (Wildman–Crippen LogP) is 3.42. The van der Waals surface area contributed by atoms with E-state index in [0.717, 1.165) is 21.4 Å². The van der Waals surface area contributed by atoms with Crippen molar-refractivity contribution >= 4 is 33.2 Å². The SMILES string of the molecule is COCc1nc(-c2cccc(Br)c2)sc1C(=O)O. The van der Waals surface area contributed by atoms with E-state index in [4.69, 9.17) is 9.84 Å². The fraction of sp³-hybridized carbons (Fsp3) is 0.167. The number of carboxylic acids is 1. The molecule has 0 radical (unpaired) electrons. The average Bonchev–Trinajstić information content (AvgIpc) is 2.74. The van der Waals surface area contributed by atoms with Gasteiger partial charge in [0.1, 0.15) is 9.88 Å². The highest BCUT2D eigenvalue weighted by molar-refractivity contribution is 9.10. The van der Waals surface area contributed by atoms with Crippen LogP contribution in [-0.2, 0) is 11.3 Å². The molecule has 0 unspecified atom stereocenters. The summed E-state index contributed by atoms with van der Waals surface area (Å²) in [6, 6.07) is 7.59. The van der Waals surface area contributed by atoms with Crippen LogP contribution in [0.1, 0.15) is 15.4 Å². The van der Waals surface area contributed by atoms with E-state index in [0.29, 0.717) is 10.7 Å². The summed E-state index contributed by atoms with van der Waals surface area (Å²) in [7, 11) is 1.52. The van der Waals surface area contributed by atoms with Crippen molar-refractivity contribution in [3.63, 3.8) is 0 Å². The lowest BCUT2D eigenvalue weighted by atomic mass is 10.2. The van der Waals surface area contributed by atoms with Gasteiger partial charge in [-0.15, -0.1) is 11.3 Å². The number of hydrogen-bond donors (Lipinski definition) is 1. The van der Waals surface area contributed by atoms with Crippen molar-refractivity contribution < 1.29 is 14.6 Å². The number of benzene rings is 1. The van der Waals surface area contributed by atoms with Gasteiger partial charge in [-0.25, -0.2) is 9.78 Å². The summed E-state index contributed by atoms with van der Waals surface area (Å²) >= 11 is 4.54. The van der Waals surface area contributed by atoms with Crippen molar-refractivity contribution in [1.29, 1.82) is 0 Å². The second-order valence-electron chi connectivity index (χ2n) is 3.54. The lowest BCUT2D eigenvalue weighted by molar-refractivity contribution is 0.0697. The van der Waals surface area contributed by atoms with E-state index < -0.39 is 5.97 Å². The maximum absolute atomic E-state index is 11.1. The summed E-state index contributed by atoms with van der Waals surface area (Å²) in [5, 5.41) is 9.79. The molecule has 0 amide bonds. The number of nitrogens with zero attached hydrogens (tertiary/aromatic N) is 1. The molecule has 18 heavy (non-hydrogen) atoms. The van der Waals surface area contributed by atoms with Crippen molar-refractivity contribution in [3.8, 4) is 10.6 Å². The molecule has 0 atom stereocenters. The molecule has 0 bridgehead atoms. The van der Waals surface area contributed by atoms with Crippen LogP contribution in [0.25, 0.3) is 10.6 Å². The molecule has 1 aromatic carbocycles. The molecular formula is C12H10BrNO3S. The predicted molar refractivity (Wildman–Crippen MR) is 72.9 cm³/mol. The fourth-order valence-corrected chi connectivity index (χ4v) is 2.80. The number of halogens is 1. The first kappa shape index (κ1) is 13.2. The molecule has 0 saturated carbocycles. The van der Waals surface area contributed by atoms with Crippen LogP contribution in [0.2, 0.25) is 0 Å². The van der Waals surface area contributed by atoms with Gasteiger partial charge in [0.15, 0.2) is 0 Å². The Morgan fingerprint density at radius 1 is 1.56 bits per heavy atom. The standard InChI is InChI=1S/C12H10BrNO3S/c1-17-6-9-10(12(15)16)18-11(14-9)7-3-2-4-8(13)5-7/h2-5H,6H2,1H3,(H,15,16). The highest BCUT2D eigenvalue weighted by Gasteiger charge is 2.17. The monoisotopic (exact) mass is 327 g/mol. The maximum atomic E-state index is 11.1. The van der Waals surface area contributed by atoms with E-state index in [1.807, 2.05) is 24.3 Å². The third-order valence-electron chi connectivity index (χ3n) is 2.24. The van der Waals surface area contributed by atoms with Gasteiger partial charge >= 0.3 is 5.97 Å². The Labute approximate surface area is 116 Å². The van der Waals surface area contributed by atoms with Crippen LogP contribution in [0.15, 0.2) is 28.7 Å². The Kier molecular flexibility index (Phi) is 4.11. The Balaban J connectivity index is 2.46. The fourth-order valence-electron chi connectivity index (χ4n) is 1.50. The van der Waals surface area contributed by atoms with Gasteiger partial charge in [0.05, 0.1) is 12.3 Å². The molecule has 4 nitrogen and oxygen atoms in total. The Morgan fingerprint density at radius 3 is 2.94 bits per heavy atom. The number of aromatic carboxylic acids is 1. The quantitative estimate of drug-likeness (QED) is 0.934. The van der Waals surface area contributed by atoms with Crippen molar-refractivity contribution in [1.82, 2.24) is 4.98 Å². The number of ether oxygens (including phenoxy) is 1. The molecule has 1 aromatic heterocycles. The average molecular weight is 328 g/mol. The van der Waals surface area contributed by atoms with Crippen LogP contribution in [0.3, 0.4) is 0 Å². The summed E-state index contributed by atoms with van der Waals surface area (Å²) < 4.78 is 5.89. The molecule has 0 aliphatic heterocycles. The molecule has 94 valence electrons. The Hall–Kier alpha value is -1.24. The topological polar surface area (TPSA) is 59.4 Å². The van der Waals surface area contributed by atoms with Crippen LogP contribution in [0.4, 0.5) is 0 Å². The second kappa shape index (κ2) is 5.60. The van der Waals surface area contributed by atoms with Crippen LogP contribution in [0.5, 0.6) is 0 Å². The van der Waals surface area contributed by atoms with E-state index in [1.165, 1.54) is 7.11 Å². The van der Waals surface area contributed by atoms with Gasteiger partial charge in [-0.05, 0) is 12.1 Å². The molecule has 0 spiro atoms. The number of carbonyl (C=O) groups is 1. The summed E-state index contributed by atoms with van der Waals surface area (Å²) in [5.41, 5.74) is 1.35. The van der Waals surface area contributed by atoms with Gasteiger partial charge in [0.25, 0.3) is 0 Å². The Bertz CT molecular complexity index is 582. The van der Waals surface area contributed by atoms with Gasteiger partial charge in [0, 0.05) is 17.1 Å². The van der Waals surface area contributed by atoms with E-state index in [9.17, 15) is 4.79 Å². The first-order valence-electron chi connectivity index (χ1n) is 5.09. The van der Waals surface area contributed by atoms with Gasteiger partial charge in [0.2, 0.25) is 0 Å². The van der Waals surface area contributed by atoms with Crippen LogP contribution in [0, 0.1) is 0 Å². The number of carboxylic acid groups (broad SMARTS) is 1. The molecule has 2 rings (SSSR count). The minimum absolute atomic E-state index is 0.201. The van der Waals surface area contributed by atoms with Gasteiger partial charge in [-0.2, -0.15) is 0 Å². The van der Waals surface area contributed by atoms with Gasteiger partial charge < -0.3 is 9.84 Å². The third kappa shape index (κ3) is 2.77. The number of aromatic nitrogens is 1. The minimum atomic E-state index is -0.971. The van der Waals surface area contributed by atoms with Crippen molar-refractivity contribution in [2.24, 2.45) is 0 Å². The van der Waals surface area contributed by atoms with Crippen LogP contribution < -0.4 is 0 Å². The van der Waals surface area contributed by atoms with Gasteiger partial charge in [-0.1, -0.05) is 28.1 Å². The molecule has 0 fully saturated rings. The van der Waals surface area contributed by atoms with E-state index in [-0.39, 0.29) is 11.5 Å². The first-order valence-corrected chi connectivity index (χ1v) is 6.70. The highest BCUT2D eigenvalue weighted by atomic mass is 79.9. The smallest absolute Gasteiger partial charge is 0.347 e. The van der Waals surface area contributed by atoms with Crippen molar-refractivity contribution in [3.05, 3.63) is 39.3 Å². The van der Waals surface area contributed by atoms with Crippen LogP contribution >= 0.6 is 27.3 Å². The number of methoxy groups -OCH3 is 1. The molecule has 1 heterocycles. The zero-order valence-electron chi connectivity index (χ0n) is 9.51. The zero-order valence-corrected chi connectivity index (χ0v) is 11.9. The molecule has 0 aliphatic rings. The van der Waals surface area contributed by atoms with Crippen molar-refractivity contribution in [2.75, 3.05) is 7.11 Å². The maximum Gasteiger partial charge on any atom is 0.347 e. The summed E-state index contributed by atoms with van der Waals surface area (Å²) in [4.78, 5) is 15.7. The lowest BCUT2D eigenvalue weighted by Gasteiger charge is -1.96. The van der Waals surface area contributed by atoms with E-state index in [1.54, 1.807) is 0 Å².